The van der Waals surface area contributed by atoms with Crippen molar-refractivity contribution in [1.29, 1.82) is 0 Å². The fourth-order valence-corrected chi connectivity index (χ4v) is 2.28. The van der Waals surface area contributed by atoms with E-state index in [2.05, 4.69) is 17.2 Å². The number of hydrogen-bond acceptors (Lipinski definition) is 4. The first-order valence-corrected chi connectivity index (χ1v) is 7.22. The van der Waals surface area contributed by atoms with E-state index in [0.717, 1.165) is 25.9 Å². The Hall–Kier alpha value is -2.11. The van der Waals surface area contributed by atoms with Gasteiger partial charge in [0.05, 0.1) is 5.56 Å². The van der Waals surface area contributed by atoms with E-state index < -0.39 is 12.0 Å². The number of piperidine rings is 1. The summed E-state index contributed by atoms with van der Waals surface area (Å²) in [4.78, 5) is 29.0. The van der Waals surface area contributed by atoms with Crippen LogP contribution in [0.4, 0.5) is 5.82 Å². The predicted octanol–water partition coefficient (Wildman–Crippen LogP) is 1.84. The van der Waals surface area contributed by atoms with Gasteiger partial charge in [0.2, 0.25) is 0 Å². The van der Waals surface area contributed by atoms with Gasteiger partial charge in [-0.3, -0.25) is 9.59 Å². The van der Waals surface area contributed by atoms with Gasteiger partial charge in [0.15, 0.2) is 0 Å². The average molecular weight is 291 g/mol. The molecule has 1 aliphatic heterocycles. The third-order valence-electron chi connectivity index (χ3n) is 3.82. The van der Waals surface area contributed by atoms with E-state index in [1.54, 1.807) is 12.1 Å². The van der Waals surface area contributed by atoms with Crippen LogP contribution in [0.25, 0.3) is 0 Å². The summed E-state index contributed by atoms with van der Waals surface area (Å²) in [6, 6.07) is 2.60. The first kappa shape index (κ1) is 15.3. The second-order valence-electron chi connectivity index (χ2n) is 5.61. The maximum absolute atomic E-state index is 12.3. The van der Waals surface area contributed by atoms with Crippen molar-refractivity contribution in [3.63, 3.8) is 0 Å². The monoisotopic (exact) mass is 291 g/mol. The molecule has 1 atom stereocenters. The molecule has 1 aliphatic rings. The Morgan fingerprint density at radius 1 is 1.38 bits per heavy atom. The summed E-state index contributed by atoms with van der Waals surface area (Å²) in [5.74, 6) is 0.177. The summed E-state index contributed by atoms with van der Waals surface area (Å²) in [6.45, 7) is 5.32. The number of likely N-dealkylation sites (tertiary alicyclic amines) is 1. The molecule has 0 bridgehead atoms. The Morgan fingerprint density at radius 2 is 2.05 bits per heavy atom. The molecule has 6 heteroatoms. The number of nitrogens with one attached hydrogen (secondary N) is 1. The van der Waals surface area contributed by atoms with E-state index in [-0.39, 0.29) is 5.91 Å². The minimum Gasteiger partial charge on any atom is -0.480 e. The Kier molecular flexibility index (Phi) is 4.77. The molecule has 0 unspecified atom stereocenters. The van der Waals surface area contributed by atoms with Crippen molar-refractivity contribution >= 4 is 17.7 Å². The Balaban J connectivity index is 1.98. The highest BCUT2D eigenvalue weighted by atomic mass is 16.4. The lowest BCUT2D eigenvalue weighted by Crippen LogP contribution is -2.37. The molecule has 0 aromatic carbocycles. The number of aromatic nitrogens is 1. The summed E-state index contributed by atoms with van der Waals surface area (Å²) >= 11 is 0. The molecule has 1 aromatic heterocycles. The lowest BCUT2D eigenvalue weighted by molar-refractivity contribution is -0.137. The molecule has 0 aliphatic carbocycles. The fourth-order valence-electron chi connectivity index (χ4n) is 2.28. The van der Waals surface area contributed by atoms with Crippen LogP contribution < -0.4 is 5.32 Å². The van der Waals surface area contributed by atoms with Crippen molar-refractivity contribution in [2.75, 3.05) is 18.4 Å². The van der Waals surface area contributed by atoms with Crippen LogP contribution in [0.5, 0.6) is 0 Å². The van der Waals surface area contributed by atoms with Crippen LogP contribution in [-0.2, 0) is 4.79 Å². The largest absolute Gasteiger partial charge is 0.480 e. The molecular weight excluding hydrogens is 270 g/mol. The minimum absolute atomic E-state index is 0.00719. The van der Waals surface area contributed by atoms with Gasteiger partial charge in [0, 0.05) is 19.3 Å². The number of hydrogen-bond donors (Lipinski definition) is 2. The molecule has 2 heterocycles. The molecule has 114 valence electrons. The van der Waals surface area contributed by atoms with Crippen LogP contribution in [0.3, 0.4) is 0 Å². The van der Waals surface area contributed by atoms with Crippen LogP contribution in [0, 0.1) is 5.92 Å². The summed E-state index contributed by atoms with van der Waals surface area (Å²) in [5, 5.41) is 11.6. The second kappa shape index (κ2) is 6.56. The number of carboxylic acids is 1. The zero-order chi connectivity index (χ0) is 15.4. The maximum atomic E-state index is 12.3. The van der Waals surface area contributed by atoms with E-state index >= 15 is 0 Å². The molecule has 1 saturated heterocycles. The number of carbonyl (C=O) groups excluding carboxylic acids is 1. The standard InChI is InChI=1S/C15H21N3O3/c1-10-5-7-18(8-6-10)14(19)12-3-4-13(16-9-12)17-11(2)15(20)21/h3-4,9-11H,5-8H2,1-2H3,(H,16,17)(H,20,21)/t11-/m0/s1. The quantitative estimate of drug-likeness (QED) is 0.884. The van der Waals surface area contributed by atoms with Gasteiger partial charge in [-0.2, -0.15) is 0 Å². The molecule has 2 N–H and O–H groups in total. The normalized spacial score (nSPS) is 17.3. The molecule has 6 nitrogen and oxygen atoms in total. The van der Waals surface area contributed by atoms with Gasteiger partial charge in [-0.15, -0.1) is 0 Å². The fraction of sp³-hybridized carbons (Fsp3) is 0.533. The van der Waals surface area contributed by atoms with E-state index in [0.29, 0.717) is 17.3 Å². The summed E-state index contributed by atoms with van der Waals surface area (Å²) in [5.41, 5.74) is 0.540. The van der Waals surface area contributed by atoms with Crippen LogP contribution in [-0.4, -0.2) is 46.0 Å². The van der Waals surface area contributed by atoms with Crippen molar-refractivity contribution in [2.45, 2.75) is 32.7 Å². The smallest absolute Gasteiger partial charge is 0.325 e. The molecule has 1 aromatic rings. The van der Waals surface area contributed by atoms with Gasteiger partial charge in [0.25, 0.3) is 5.91 Å². The third-order valence-corrected chi connectivity index (χ3v) is 3.82. The zero-order valence-corrected chi connectivity index (χ0v) is 12.4. The van der Waals surface area contributed by atoms with Crippen LogP contribution in [0.1, 0.15) is 37.0 Å². The topological polar surface area (TPSA) is 82.5 Å². The second-order valence-corrected chi connectivity index (χ2v) is 5.61. The van der Waals surface area contributed by atoms with Crippen molar-refractivity contribution in [1.82, 2.24) is 9.88 Å². The van der Waals surface area contributed by atoms with Crippen LogP contribution >= 0.6 is 0 Å². The lowest BCUT2D eigenvalue weighted by atomic mass is 9.99. The number of amides is 1. The van der Waals surface area contributed by atoms with E-state index in [4.69, 9.17) is 5.11 Å². The highest BCUT2D eigenvalue weighted by Gasteiger charge is 2.21. The predicted molar refractivity (Wildman–Crippen MR) is 79.3 cm³/mol. The Morgan fingerprint density at radius 3 is 2.57 bits per heavy atom. The van der Waals surface area contributed by atoms with E-state index in [1.165, 1.54) is 13.1 Å². The summed E-state index contributed by atoms with van der Waals surface area (Å²) < 4.78 is 0. The van der Waals surface area contributed by atoms with E-state index in [1.807, 2.05) is 4.90 Å². The number of nitrogens with zero attached hydrogens (tertiary/aromatic N) is 2. The molecule has 0 radical (unpaired) electrons. The molecule has 0 saturated carbocycles. The average Bonchev–Trinajstić information content (AvgIpc) is 2.48. The number of pyridine rings is 1. The van der Waals surface area contributed by atoms with Gasteiger partial charge < -0.3 is 15.3 Å². The maximum Gasteiger partial charge on any atom is 0.325 e. The van der Waals surface area contributed by atoms with Gasteiger partial charge in [-0.05, 0) is 37.8 Å². The Bertz CT molecular complexity index is 507. The first-order valence-electron chi connectivity index (χ1n) is 7.22. The minimum atomic E-state index is -0.945. The molecular formula is C15H21N3O3. The van der Waals surface area contributed by atoms with Gasteiger partial charge >= 0.3 is 5.97 Å². The van der Waals surface area contributed by atoms with Gasteiger partial charge in [0.1, 0.15) is 11.9 Å². The number of anilines is 1. The van der Waals surface area contributed by atoms with Crippen LogP contribution in [0.2, 0.25) is 0 Å². The molecule has 1 fully saturated rings. The first-order chi connectivity index (χ1) is 9.97. The third kappa shape index (κ3) is 3.93. The molecule has 21 heavy (non-hydrogen) atoms. The highest BCUT2D eigenvalue weighted by Crippen LogP contribution is 2.18. The number of carbonyl (C=O) groups is 2. The lowest BCUT2D eigenvalue weighted by Gasteiger charge is -2.30. The van der Waals surface area contributed by atoms with Gasteiger partial charge in [-0.25, -0.2) is 4.98 Å². The van der Waals surface area contributed by atoms with Crippen molar-refractivity contribution in [2.24, 2.45) is 5.92 Å². The zero-order valence-electron chi connectivity index (χ0n) is 12.4. The van der Waals surface area contributed by atoms with E-state index in [9.17, 15) is 9.59 Å². The summed E-state index contributed by atoms with van der Waals surface area (Å²) in [6.07, 6.45) is 3.57. The number of carboxylic acid groups (broad SMARTS) is 1. The van der Waals surface area contributed by atoms with Crippen molar-refractivity contribution in [3.05, 3.63) is 23.9 Å². The number of aliphatic carboxylic acids is 1. The summed E-state index contributed by atoms with van der Waals surface area (Å²) in [7, 11) is 0. The van der Waals surface area contributed by atoms with Gasteiger partial charge in [-0.1, -0.05) is 6.92 Å². The number of rotatable bonds is 4. The van der Waals surface area contributed by atoms with Crippen molar-refractivity contribution < 1.29 is 14.7 Å². The van der Waals surface area contributed by atoms with Crippen LogP contribution in [0.15, 0.2) is 18.3 Å². The molecule has 1 amide bonds. The SMILES string of the molecule is CC1CCN(C(=O)c2ccc(N[C@@H](C)C(=O)O)nc2)CC1. The van der Waals surface area contributed by atoms with Crippen molar-refractivity contribution in [3.8, 4) is 0 Å². The Labute approximate surface area is 124 Å². The molecule has 0 spiro atoms. The molecule has 2 rings (SSSR count). The highest BCUT2D eigenvalue weighted by molar-refractivity contribution is 5.94.